The van der Waals surface area contributed by atoms with Gasteiger partial charge in [0.25, 0.3) is 0 Å². The Bertz CT molecular complexity index is 508. The molecule has 1 N–H and O–H groups in total. The third-order valence-electron chi connectivity index (χ3n) is 2.61. The Morgan fingerprint density at radius 1 is 1.44 bits per heavy atom. The highest BCUT2D eigenvalue weighted by atomic mass is 32.2. The lowest BCUT2D eigenvalue weighted by Gasteiger charge is -2.24. The molecule has 0 aromatic carbocycles. The lowest BCUT2D eigenvalue weighted by molar-refractivity contribution is -0.120. The van der Waals surface area contributed by atoms with Crippen molar-refractivity contribution in [1.82, 2.24) is 10.4 Å². The van der Waals surface area contributed by atoms with E-state index in [-0.39, 0.29) is 11.9 Å². The molecule has 16 heavy (non-hydrogen) atoms. The number of carbonyl (C=O) groups is 1. The number of hydrazine groups is 1. The number of nitrogens with one attached hydrogen (secondary N) is 1. The van der Waals surface area contributed by atoms with Crippen LogP contribution in [0.5, 0.6) is 0 Å². The molecular formula is C10H12N2O3S. The highest BCUT2D eigenvalue weighted by Gasteiger charge is 2.27. The number of amides is 1. The molecule has 0 aromatic rings. The summed E-state index contributed by atoms with van der Waals surface area (Å²) in [4.78, 5) is 11.5. The lowest BCUT2D eigenvalue weighted by Crippen LogP contribution is -2.36. The first kappa shape index (κ1) is 10.9. The second-order valence-corrected chi connectivity index (χ2v) is 4.82. The number of nitrogens with zero attached hydrogens (tertiary/aromatic N) is 1. The van der Waals surface area contributed by atoms with Crippen molar-refractivity contribution in [3.8, 4) is 0 Å². The maximum Gasteiger partial charge on any atom is 0.240 e. The third kappa shape index (κ3) is 2.01. The first-order valence-electron chi connectivity index (χ1n) is 5.00. The first-order valence-corrected chi connectivity index (χ1v) is 6.07. The molecule has 1 atom stereocenters. The molecule has 5 nitrogen and oxygen atoms in total. The van der Waals surface area contributed by atoms with E-state index in [4.69, 9.17) is 0 Å². The minimum absolute atomic E-state index is 0.0102. The molecule has 1 fully saturated rings. The van der Waals surface area contributed by atoms with Crippen molar-refractivity contribution in [1.29, 1.82) is 0 Å². The zero-order chi connectivity index (χ0) is 11.7. The molecule has 0 bridgehead atoms. The predicted octanol–water partition coefficient (Wildman–Crippen LogP) is 0.00710. The summed E-state index contributed by atoms with van der Waals surface area (Å²) in [7, 11) is -2.15. The summed E-state index contributed by atoms with van der Waals surface area (Å²) in [6, 6.07) is 0.0997. The molecule has 86 valence electrons. The topological polar surface area (TPSA) is 66.5 Å². The summed E-state index contributed by atoms with van der Waals surface area (Å²) >= 11 is 0. The van der Waals surface area contributed by atoms with Gasteiger partial charge in [-0.05, 0) is 19.1 Å². The van der Waals surface area contributed by atoms with Gasteiger partial charge in [0.2, 0.25) is 16.2 Å². The van der Waals surface area contributed by atoms with Gasteiger partial charge in [-0.25, -0.2) is 0 Å². The largest absolute Gasteiger partial charge is 0.283 e. The van der Waals surface area contributed by atoms with Crippen LogP contribution in [0, 0.1) is 0 Å². The fourth-order valence-corrected chi connectivity index (χ4v) is 2.19. The monoisotopic (exact) mass is 240 g/mol. The molecule has 2 rings (SSSR count). The van der Waals surface area contributed by atoms with Gasteiger partial charge in [0, 0.05) is 6.42 Å². The Hall–Kier alpha value is -1.56. The molecule has 1 aliphatic carbocycles. The smallest absolute Gasteiger partial charge is 0.240 e. The Balaban J connectivity index is 2.18. The van der Waals surface area contributed by atoms with Crippen LogP contribution in [0.2, 0.25) is 0 Å². The molecule has 1 unspecified atom stereocenters. The van der Waals surface area contributed by atoms with E-state index in [1.807, 2.05) is 6.92 Å². The Labute approximate surface area is 94.9 Å². The summed E-state index contributed by atoms with van der Waals surface area (Å²) < 4.78 is 21.4. The molecular weight excluding hydrogens is 228 g/mol. The van der Waals surface area contributed by atoms with Crippen LogP contribution in [0.4, 0.5) is 0 Å². The van der Waals surface area contributed by atoms with Gasteiger partial charge in [-0.1, -0.05) is 6.08 Å². The van der Waals surface area contributed by atoms with Crippen LogP contribution >= 0.6 is 0 Å². The molecule has 6 heteroatoms. The quantitative estimate of drug-likeness (QED) is 0.655. The fraction of sp³-hybridized carbons (Fsp3) is 0.400. The van der Waals surface area contributed by atoms with Gasteiger partial charge in [0.05, 0.1) is 23.0 Å². The van der Waals surface area contributed by atoms with E-state index in [9.17, 15) is 13.2 Å². The van der Waals surface area contributed by atoms with Gasteiger partial charge in [-0.2, -0.15) is 8.42 Å². The van der Waals surface area contributed by atoms with Crippen molar-refractivity contribution >= 4 is 21.1 Å². The van der Waals surface area contributed by atoms with Gasteiger partial charge in [-0.3, -0.25) is 15.2 Å². The van der Waals surface area contributed by atoms with Crippen LogP contribution in [0.15, 0.2) is 23.9 Å². The van der Waals surface area contributed by atoms with E-state index in [0.717, 1.165) is 5.70 Å². The molecule has 1 aliphatic heterocycles. The zero-order valence-corrected chi connectivity index (χ0v) is 9.62. The summed E-state index contributed by atoms with van der Waals surface area (Å²) in [6.45, 7) is 1.94. The summed E-state index contributed by atoms with van der Waals surface area (Å²) in [6.07, 6.45) is 5.91. The number of allylic oxidation sites excluding steroid dienone is 3. The van der Waals surface area contributed by atoms with Crippen LogP contribution in [-0.2, 0) is 15.1 Å². The molecule has 0 spiro atoms. The Kier molecular flexibility index (Phi) is 2.82. The average Bonchev–Trinajstić information content (AvgIpc) is 2.58. The van der Waals surface area contributed by atoms with Gasteiger partial charge in [0.15, 0.2) is 0 Å². The molecule has 0 radical (unpaired) electrons. The SMILES string of the molecule is CC1CC(=O)NN1C1=CCC(=S(=O)=O)C=C1. The fourth-order valence-electron chi connectivity index (χ4n) is 1.79. The van der Waals surface area contributed by atoms with Gasteiger partial charge in [0.1, 0.15) is 0 Å². The minimum Gasteiger partial charge on any atom is -0.283 e. The highest BCUT2D eigenvalue weighted by Crippen LogP contribution is 2.19. The van der Waals surface area contributed by atoms with E-state index < -0.39 is 10.3 Å². The van der Waals surface area contributed by atoms with Crippen LogP contribution in [0.25, 0.3) is 0 Å². The van der Waals surface area contributed by atoms with Crippen molar-refractivity contribution in [3.05, 3.63) is 23.9 Å². The Morgan fingerprint density at radius 2 is 2.19 bits per heavy atom. The van der Waals surface area contributed by atoms with Crippen LogP contribution in [-0.4, -0.2) is 30.2 Å². The van der Waals surface area contributed by atoms with Crippen molar-refractivity contribution in [2.75, 3.05) is 0 Å². The molecule has 0 aromatic heterocycles. The van der Waals surface area contributed by atoms with Crippen molar-refractivity contribution in [2.24, 2.45) is 0 Å². The minimum atomic E-state index is -2.15. The van der Waals surface area contributed by atoms with E-state index in [0.29, 0.717) is 17.7 Å². The maximum atomic E-state index is 11.2. The summed E-state index contributed by atoms with van der Waals surface area (Å²) in [5.74, 6) is -0.0102. The molecule has 1 saturated heterocycles. The summed E-state index contributed by atoms with van der Waals surface area (Å²) in [5.41, 5.74) is 3.57. The lowest BCUT2D eigenvalue weighted by atomic mass is 10.1. The number of rotatable bonds is 1. The van der Waals surface area contributed by atoms with Gasteiger partial charge < -0.3 is 0 Å². The van der Waals surface area contributed by atoms with Crippen molar-refractivity contribution in [2.45, 2.75) is 25.8 Å². The third-order valence-corrected chi connectivity index (χ3v) is 3.34. The van der Waals surface area contributed by atoms with Crippen LogP contribution < -0.4 is 5.43 Å². The maximum absolute atomic E-state index is 11.2. The van der Waals surface area contributed by atoms with Crippen molar-refractivity contribution in [3.63, 3.8) is 0 Å². The number of hydrogen-bond donors (Lipinski definition) is 1. The number of carbonyl (C=O) groups excluding carboxylic acids is 1. The standard InChI is InChI=1S/C10H12N2O3S/c1-7-6-10(13)11-12(7)8-2-4-9(5-3-8)16(14)15/h2-4,7H,5-6H2,1H3,(H,11,13). The van der Waals surface area contributed by atoms with Gasteiger partial charge >= 0.3 is 0 Å². The predicted molar refractivity (Wildman–Crippen MR) is 59.8 cm³/mol. The molecule has 1 amide bonds. The second kappa shape index (κ2) is 4.13. The molecule has 1 heterocycles. The van der Waals surface area contributed by atoms with Crippen LogP contribution in [0.1, 0.15) is 19.8 Å². The van der Waals surface area contributed by atoms with E-state index in [2.05, 4.69) is 5.43 Å². The van der Waals surface area contributed by atoms with E-state index in [1.54, 1.807) is 23.2 Å². The van der Waals surface area contributed by atoms with Gasteiger partial charge in [-0.15, -0.1) is 0 Å². The zero-order valence-electron chi connectivity index (χ0n) is 8.80. The highest BCUT2D eigenvalue weighted by molar-refractivity contribution is 7.73. The van der Waals surface area contributed by atoms with E-state index >= 15 is 0 Å². The number of hydrogen-bond acceptors (Lipinski definition) is 4. The average molecular weight is 240 g/mol. The second-order valence-electron chi connectivity index (χ2n) is 3.83. The van der Waals surface area contributed by atoms with E-state index in [1.165, 1.54) is 0 Å². The molecule has 2 aliphatic rings. The normalized spacial score (nSPS) is 24.4. The Morgan fingerprint density at radius 3 is 2.62 bits per heavy atom. The molecule has 0 saturated carbocycles. The first-order chi connectivity index (χ1) is 7.58. The van der Waals surface area contributed by atoms with Crippen LogP contribution in [0.3, 0.4) is 0 Å². The summed E-state index contributed by atoms with van der Waals surface area (Å²) in [5, 5.41) is 1.77. The van der Waals surface area contributed by atoms with Crippen molar-refractivity contribution < 1.29 is 13.2 Å².